The Hall–Kier alpha value is -2.09. The first-order valence-corrected chi connectivity index (χ1v) is 6.17. The number of halogens is 1. The molecule has 19 heavy (non-hydrogen) atoms. The Morgan fingerprint density at radius 2 is 1.95 bits per heavy atom. The summed E-state index contributed by atoms with van der Waals surface area (Å²) in [4.78, 5) is 22.8. The molecule has 0 aromatic heterocycles. The van der Waals surface area contributed by atoms with Crippen molar-refractivity contribution in [1.29, 1.82) is 0 Å². The smallest absolute Gasteiger partial charge is 0.257 e. The monoisotopic (exact) mass is 273 g/mol. The SMILES string of the molecule is NC(=O)C(=C=O)C1(c2ccccc2)C=CC=CC1Cl. The summed E-state index contributed by atoms with van der Waals surface area (Å²) in [5.41, 5.74) is 4.81. The van der Waals surface area contributed by atoms with Crippen LogP contribution in [0.3, 0.4) is 0 Å². The summed E-state index contributed by atoms with van der Waals surface area (Å²) in [6, 6.07) is 9.09. The van der Waals surface area contributed by atoms with Gasteiger partial charge in [0.15, 0.2) is 0 Å². The highest BCUT2D eigenvalue weighted by molar-refractivity contribution is 6.24. The maximum absolute atomic E-state index is 11.6. The van der Waals surface area contributed by atoms with Gasteiger partial charge in [-0.15, -0.1) is 11.6 Å². The average Bonchev–Trinajstić information content (AvgIpc) is 2.42. The molecule has 1 aromatic rings. The molecule has 0 aliphatic heterocycles. The van der Waals surface area contributed by atoms with Crippen molar-refractivity contribution in [3.63, 3.8) is 0 Å². The maximum Gasteiger partial charge on any atom is 0.257 e. The van der Waals surface area contributed by atoms with E-state index in [0.717, 1.165) is 5.56 Å². The van der Waals surface area contributed by atoms with E-state index in [1.807, 2.05) is 18.2 Å². The second-order valence-electron chi connectivity index (χ2n) is 4.22. The van der Waals surface area contributed by atoms with Crippen LogP contribution in [0.4, 0.5) is 0 Å². The third kappa shape index (κ3) is 2.14. The van der Waals surface area contributed by atoms with Gasteiger partial charge in [-0.1, -0.05) is 54.6 Å². The standard InChI is InChI=1S/C15H12ClNO2/c16-13-8-4-5-9-15(13,12(10-18)14(17)19)11-6-2-1-3-7-11/h1-9,13H,(H2,17,19). The number of hydrogen-bond acceptors (Lipinski definition) is 2. The molecule has 4 heteroatoms. The minimum absolute atomic E-state index is 0.167. The molecule has 2 atom stereocenters. The zero-order valence-electron chi connectivity index (χ0n) is 10.0. The van der Waals surface area contributed by atoms with Crippen molar-refractivity contribution in [1.82, 2.24) is 0 Å². The molecule has 96 valence electrons. The Morgan fingerprint density at radius 1 is 1.26 bits per heavy atom. The summed E-state index contributed by atoms with van der Waals surface area (Å²) in [6.45, 7) is 0. The first-order chi connectivity index (χ1) is 9.13. The van der Waals surface area contributed by atoms with Crippen LogP contribution in [-0.4, -0.2) is 17.2 Å². The molecule has 0 saturated heterocycles. The molecule has 0 spiro atoms. The highest BCUT2D eigenvalue weighted by atomic mass is 35.5. The Labute approximate surface area is 116 Å². The molecular weight excluding hydrogens is 262 g/mol. The van der Waals surface area contributed by atoms with Crippen molar-refractivity contribution in [2.24, 2.45) is 5.73 Å². The van der Waals surface area contributed by atoms with E-state index < -0.39 is 16.7 Å². The van der Waals surface area contributed by atoms with Gasteiger partial charge in [0, 0.05) is 0 Å². The van der Waals surface area contributed by atoms with Crippen LogP contribution < -0.4 is 5.73 Å². The van der Waals surface area contributed by atoms with Crippen LogP contribution in [0, 0.1) is 0 Å². The van der Waals surface area contributed by atoms with E-state index in [2.05, 4.69) is 0 Å². The fourth-order valence-electron chi connectivity index (χ4n) is 2.29. The summed E-state index contributed by atoms with van der Waals surface area (Å²) >= 11 is 6.35. The van der Waals surface area contributed by atoms with E-state index in [1.54, 1.807) is 42.4 Å². The normalized spacial score (nSPS) is 24.8. The highest BCUT2D eigenvalue weighted by Crippen LogP contribution is 2.41. The molecule has 1 aliphatic rings. The maximum atomic E-state index is 11.6. The van der Waals surface area contributed by atoms with E-state index in [0.29, 0.717) is 0 Å². The molecular formula is C15H12ClNO2. The lowest BCUT2D eigenvalue weighted by Gasteiger charge is -2.35. The average molecular weight is 274 g/mol. The lowest BCUT2D eigenvalue weighted by molar-refractivity contribution is -0.114. The molecule has 0 bridgehead atoms. The summed E-state index contributed by atoms with van der Waals surface area (Å²) in [6.07, 6.45) is 6.94. The Balaban J connectivity index is 2.71. The van der Waals surface area contributed by atoms with Gasteiger partial charge in [0.2, 0.25) is 0 Å². The predicted molar refractivity (Wildman–Crippen MR) is 74.4 cm³/mol. The van der Waals surface area contributed by atoms with Gasteiger partial charge >= 0.3 is 0 Å². The third-order valence-electron chi connectivity index (χ3n) is 3.20. The van der Waals surface area contributed by atoms with E-state index in [4.69, 9.17) is 17.3 Å². The quantitative estimate of drug-likeness (QED) is 0.519. The van der Waals surface area contributed by atoms with Crippen LogP contribution in [0.25, 0.3) is 0 Å². The number of carbonyl (C=O) groups excluding carboxylic acids is 2. The number of benzene rings is 1. The van der Waals surface area contributed by atoms with Crippen LogP contribution >= 0.6 is 11.6 Å². The van der Waals surface area contributed by atoms with Crippen molar-refractivity contribution in [3.8, 4) is 0 Å². The van der Waals surface area contributed by atoms with Crippen molar-refractivity contribution in [2.75, 3.05) is 0 Å². The Kier molecular flexibility index (Phi) is 3.70. The van der Waals surface area contributed by atoms with Gasteiger partial charge in [0.05, 0.1) is 10.8 Å². The van der Waals surface area contributed by atoms with Crippen LogP contribution in [0.2, 0.25) is 0 Å². The van der Waals surface area contributed by atoms with Crippen LogP contribution in [0.1, 0.15) is 5.56 Å². The number of allylic oxidation sites excluding steroid dienone is 4. The zero-order chi connectivity index (χ0) is 13.9. The molecule has 2 rings (SSSR count). The molecule has 2 unspecified atom stereocenters. The zero-order valence-corrected chi connectivity index (χ0v) is 10.8. The van der Waals surface area contributed by atoms with Crippen LogP contribution in [0.15, 0.2) is 60.2 Å². The van der Waals surface area contributed by atoms with Crippen molar-refractivity contribution >= 4 is 23.4 Å². The first kappa shape index (κ1) is 13.3. The summed E-state index contributed by atoms with van der Waals surface area (Å²) in [5.74, 6) is 0.848. The molecule has 1 aliphatic carbocycles. The molecule has 0 heterocycles. The van der Waals surface area contributed by atoms with Gasteiger partial charge in [0.1, 0.15) is 11.5 Å². The van der Waals surface area contributed by atoms with Gasteiger partial charge < -0.3 is 5.73 Å². The second kappa shape index (κ2) is 5.27. The molecule has 3 nitrogen and oxygen atoms in total. The molecule has 0 saturated carbocycles. The lowest BCUT2D eigenvalue weighted by Crippen LogP contribution is -2.42. The summed E-state index contributed by atoms with van der Waals surface area (Å²) in [5, 5.41) is -0.580. The second-order valence-corrected chi connectivity index (χ2v) is 4.69. The molecule has 0 radical (unpaired) electrons. The molecule has 1 aromatic carbocycles. The summed E-state index contributed by atoms with van der Waals surface area (Å²) in [7, 11) is 0. The molecule has 0 fully saturated rings. The molecule has 1 amide bonds. The van der Waals surface area contributed by atoms with Gasteiger partial charge in [-0.25, -0.2) is 4.79 Å². The van der Waals surface area contributed by atoms with E-state index >= 15 is 0 Å². The van der Waals surface area contributed by atoms with Gasteiger partial charge in [-0.05, 0) is 5.56 Å². The lowest BCUT2D eigenvalue weighted by atomic mass is 9.69. The van der Waals surface area contributed by atoms with E-state index in [-0.39, 0.29) is 5.57 Å². The first-order valence-electron chi connectivity index (χ1n) is 5.74. The largest absolute Gasteiger partial charge is 0.365 e. The van der Waals surface area contributed by atoms with Crippen LogP contribution in [-0.2, 0) is 15.0 Å². The number of nitrogens with two attached hydrogens (primary N) is 1. The van der Waals surface area contributed by atoms with Crippen molar-refractivity contribution < 1.29 is 9.59 Å². The third-order valence-corrected chi connectivity index (χ3v) is 3.69. The number of primary amides is 1. The van der Waals surface area contributed by atoms with E-state index in [1.165, 1.54) is 0 Å². The Bertz CT molecular complexity index is 600. The number of hydrogen-bond donors (Lipinski definition) is 1. The number of carbonyl (C=O) groups is 1. The minimum atomic E-state index is -1.06. The fourth-order valence-corrected chi connectivity index (χ4v) is 2.68. The van der Waals surface area contributed by atoms with Gasteiger partial charge in [-0.2, -0.15) is 0 Å². The van der Waals surface area contributed by atoms with Gasteiger partial charge in [0.25, 0.3) is 5.91 Å². The van der Waals surface area contributed by atoms with Crippen molar-refractivity contribution in [3.05, 3.63) is 65.8 Å². The van der Waals surface area contributed by atoms with E-state index in [9.17, 15) is 9.59 Å². The predicted octanol–water partition coefficient (Wildman–Crippen LogP) is 1.90. The number of alkyl halides is 1. The fraction of sp³-hybridized carbons (Fsp3) is 0.133. The Morgan fingerprint density at radius 3 is 2.47 bits per heavy atom. The topological polar surface area (TPSA) is 60.2 Å². The highest BCUT2D eigenvalue weighted by Gasteiger charge is 2.44. The summed E-state index contributed by atoms with van der Waals surface area (Å²) < 4.78 is 0. The van der Waals surface area contributed by atoms with Crippen molar-refractivity contribution in [2.45, 2.75) is 10.8 Å². The van der Waals surface area contributed by atoms with Gasteiger partial charge in [-0.3, -0.25) is 4.79 Å². The number of amides is 1. The molecule has 2 N–H and O–H groups in total. The van der Waals surface area contributed by atoms with Crippen LogP contribution in [0.5, 0.6) is 0 Å². The number of rotatable bonds is 3. The minimum Gasteiger partial charge on any atom is -0.365 e.